The largest absolute Gasteiger partial charge is 0.496 e. The number of aromatic nitrogens is 1. The molecule has 2 aromatic rings. The molecule has 15 heavy (non-hydrogen) atoms. The quantitative estimate of drug-likeness (QED) is 0.878. The summed E-state index contributed by atoms with van der Waals surface area (Å²) in [5.41, 5.74) is 8.93. The van der Waals surface area contributed by atoms with Gasteiger partial charge in [-0.25, -0.2) is 4.98 Å². The Bertz CT molecular complexity index is 484. The van der Waals surface area contributed by atoms with E-state index in [4.69, 9.17) is 22.1 Å². The maximum absolute atomic E-state index is 6.10. The fraction of sp³-hybridized carbons (Fsp3) is 0.100. The summed E-state index contributed by atoms with van der Waals surface area (Å²) >= 11 is 7.48. The van der Waals surface area contributed by atoms with Crippen LogP contribution >= 0.6 is 22.9 Å². The predicted molar refractivity (Wildman–Crippen MR) is 63.5 cm³/mol. The molecule has 3 nitrogen and oxygen atoms in total. The summed E-state index contributed by atoms with van der Waals surface area (Å²) in [5, 5.41) is 1.23. The first-order chi connectivity index (χ1) is 7.24. The van der Waals surface area contributed by atoms with E-state index >= 15 is 0 Å². The van der Waals surface area contributed by atoms with Crippen molar-refractivity contribution in [3.8, 4) is 17.0 Å². The monoisotopic (exact) mass is 240 g/mol. The van der Waals surface area contributed by atoms with Crippen molar-refractivity contribution in [1.29, 1.82) is 0 Å². The molecule has 1 heterocycles. The minimum atomic E-state index is 0.590. The first-order valence-corrected chi connectivity index (χ1v) is 5.51. The molecule has 78 valence electrons. The van der Waals surface area contributed by atoms with Crippen LogP contribution in [0.2, 0.25) is 5.02 Å². The van der Waals surface area contributed by atoms with Crippen molar-refractivity contribution in [2.75, 3.05) is 12.8 Å². The van der Waals surface area contributed by atoms with E-state index in [9.17, 15) is 0 Å². The summed E-state index contributed by atoms with van der Waals surface area (Å²) < 4.78 is 5.23. The predicted octanol–water partition coefficient (Wildman–Crippen LogP) is 3.05. The van der Waals surface area contributed by atoms with Crippen LogP contribution in [0, 0.1) is 0 Å². The van der Waals surface area contributed by atoms with Gasteiger partial charge in [0.25, 0.3) is 0 Å². The lowest BCUT2D eigenvalue weighted by Gasteiger charge is -2.08. The summed E-state index contributed by atoms with van der Waals surface area (Å²) in [6.07, 6.45) is 0. The molecule has 0 spiro atoms. The zero-order valence-electron chi connectivity index (χ0n) is 8.03. The van der Waals surface area contributed by atoms with Gasteiger partial charge in [-0.1, -0.05) is 17.7 Å². The number of thiazole rings is 1. The lowest BCUT2D eigenvalue weighted by Crippen LogP contribution is -1.91. The lowest BCUT2D eigenvalue weighted by molar-refractivity contribution is 0.416. The molecule has 0 aliphatic heterocycles. The molecule has 0 atom stereocenters. The van der Waals surface area contributed by atoms with Crippen molar-refractivity contribution in [3.63, 3.8) is 0 Å². The Morgan fingerprint density at radius 3 is 2.87 bits per heavy atom. The highest BCUT2D eigenvalue weighted by Gasteiger charge is 2.14. The molecule has 1 aromatic carbocycles. The van der Waals surface area contributed by atoms with Crippen LogP contribution < -0.4 is 10.5 Å². The zero-order valence-corrected chi connectivity index (χ0v) is 9.60. The molecule has 0 unspecified atom stereocenters. The Hall–Kier alpha value is -1.26. The fourth-order valence-electron chi connectivity index (χ4n) is 1.35. The number of halogens is 1. The molecule has 0 bridgehead atoms. The van der Waals surface area contributed by atoms with Crippen molar-refractivity contribution in [1.82, 2.24) is 4.98 Å². The third kappa shape index (κ3) is 1.78. The van der Waals surface area contributed by atoms with E-state index in [0.717, 1.165) is 5.56 Å². The van der Waals surface area contributed by atoms with E-state index in [1.54, 1.807) is 18.7 Å². The van der Waals surface area contributed by atoms with E-state index in [-0.39, 0.29) is 0 Å². The Labute approximate surface area is 96.5 Å². The Morgan fingerprint density at radius 1 is 1.47 bits per heavy atom. The Balaban J connectivity index is 2.66. The van der Waals surface area contributed by atoms with Gasteiger partial charge in [-0.15, -0.1) is 11.3 Å². The number of nitrogens with two attached hydrogens (primary N) is 1. The third-order valence-electron chi connectivity index (χ3n) is 2.03. The molecule has 0 radical (unpaired) electrons. The summed E-state index contributed by atoms with van der Waals surface area (Å²) in [7, 11) is 1.59. The average molecular weight is 241 g/mol. The van der Waals surface area contributed by atoms with Gasteiger partial charge in [0.1, 0.15) is 16.4 Å². The number of anilines is 1. The fourth-order valence-corrected chi connectivity index (χ4v) is 2.14. The van der Waals surface area contributed by atoms with Gasteiger partial charge in [-0.3, -0.25) is 0 Å². The summed E-state index contributed by atoms with van der Waals surface area (Å²) in [6.45, 7) is 0. The standard InChI is InChI=1S/C10H9ClN2OS/c1-14-7-4-2-3-6(11)8(7)9-10(12)15-5-13-9/h2-5H,12H2,1H3. The topological polar surface area (TPSA) is 48.1 Å². The summed E-state index contributed by atoms with van der Waals surface area (Å²) in [6, 6.07) is 5.45. The molecular formula is C10H9ClN2OS. The van der Waals surface area contributed by atoms with Gasteiger partial charge in [0.15, 0.2) is 0 Å². The first kappa shape index (κ1) is 10.3. The van der Waals surface area contributed by atoms with Crippen LogP contribution in [0.5, 0.6) is 5.75 Å². The number of nitrogens with zero attached hydrogens (tertiary/aromatic N) is 1. The van der Waals surface area contributed by atoms with E-state index in [1.807, 2.05) is 12.1 Å². The number of hydrogen-bond donors (Lipinski definition) is 1. The molecule has 2 N–H and O–H groups in total. The SMILES string of the molecule is COc1cccc(Cl)c1-c1ncsc1N. The van der Waals surface area contributed by atoms with Crippen LogP contribution in [0.25, 0.3) is 11.3 Å². The van der Waals surface area contributed by atoms with Crippen molar-refractivity contribution in [2.24, 2.45) is 0 Å². The molecular weight excluding hydrogens is 232 g/mol. The van der Waals surface area contributed by atoms with Gasteiger partial charge in [0.2, 0.25) is 0 Å². The minimum absolute atomic E-state index is 0.590. The van der Waals surface area contributed by atoms with E-state index in [1.165, 1.54) is 11.3 Å². The van der Waals surface area contributed by atoms with Crippen LogP contribution in [0.4, 0.5) is 5.00 Å². The van der Waals surface area contributed by atoms with Crippen LogP contribution in [0.1, 0.15) is 0 Å². The molecule has 1 aromatic heterocycles. The maximum Gasteiger partial charge on any atom is 0.129 e. The molecule has 5 heteroatoms. The number of benzene rings is 1. The average Bonchev–Trinajstić information content (AvgIpc) is 2.64. The highest BCUT2D eigenvalue weighted by atomic mass is 35.5. The second-order valence-electron chi connectivity index (χ2n) is 2.88. The molecule has 2 rings (SSSR count). The van der Waals surface area contributed by atoms with E-state index < -0.39 is 0 Å². The van der Waals surface area contributed by atoms with Crippen LogP contribution in [-0.4, -0.2) is 12.1 Å². The van der Waals surface area contributed by atoms with Gasteiger partial charge < -0.3 is 10.5 Å². The van der Waals surface area contributed by atoms with Crippen molar-refractivity contribution < 1.29 is 4.74 Å². The number of nitrogen functional groups attached to an aromatic ring is 1. The van der Waals surface area contributed by atoms with Crippen LogP contribution in [0.3, 0.4) is 0 Å². The number of hydrogen-bond acceptors (Lipinski definition) is 4. The number of ether oxygens (including phenoxy) is 1. The van der Waals surface area contributed by atoms with Gasteiger partial charge in [-0.2, -0.15) is 0 Å². The highest BCUT2D eigenvalue weighted by Crippen LogP contribution is 2.39. The first-order valence-electron chi connectivity index (χ1n) is 4.26. The molecule has 0 fully saturated rings. The molecule has 0 aliphatic carbocycles. The van der Waals surface area contributed by atoms with E-state index in [2.05, 4.69) is 4.98 Å². The van der Waals surface area contributed by atoms with Gasteiger partial charge >= 0.3 is 0 Å². The molecule has 0 saturated heterocycles. The Kier molecular flexibility index (Phi) is 2.79. The van der Waals surface area contributed by atoms with Gasteiger partial charge in [0.05, 0.1) is 23.2 Å². The molecule has 0 aliphatic rings. The maximum atomic E-state index is 6.10. The Morgan fingerprint density at radius 2 is 2.27 bits per heavy atom. The van der Waals surface area contributed by atoms with Crippen LogP contribution in [0.15, 0.2) is 23.7 Å². The number of rotatable bonds is 2. The summed E-state index contributed by atoms with van der Waals surface area (Å²) in [4.78, 5) is 4.18. The second-order valence-corrected chi connectivity index (χ2v) is 4.18. The molecule has 0 saturated carbocycles. The number of methoxy groups -OCH3 is 1. The third-order valence-corrected chi connectivity index (χ3v) is 3.00. The van der Waals surface area contributed by atoms with Crippen molar-refractivity contribution >= 4 is 27.9 Å². The lowest BCUT2D eigenvalue weighted by atomic mass is 10.1. The zero-order chi connectivity index (χ0) is 10.8. The van der Waals surface area contributed by atoms with Crippen molar-refractivity contribution in [2.45, 2.75) is 0 Å². The van der Waals surface area contributed by atoms with Crippen LogP contribution in [-0.2, 0) is 0 Å². The normalized spacial score (nSPS) is 10.3. The van der Waals surface area contributed by atoms with Crippen molar-refractivity contribution in [3.05, 3.63) is 28.7 Å². The second kappa shape index (κ2) is 4.08. The molecule has 0 amide bonds. The smallest absolute Gasteiger partial charge is 0.129 e. The minimum Gasteiger partial charge on any atom is -0.496 e. The van der Waals surface area contributed by atoms with Gasteiger partial charge in [0, 0.05) is 0 Å². The summed E-state index contributed by atoms with van der Waals surface area (Å²) in [5.74, 6) is 0.681. The highest BCUT2D eigenvalue weighted by molar-refractivity contribution is 7.14. The van der Waals surface area contributed by atoms with Gasteiger partial charge in [-0.05, 0) is 12.1 Å². The van der Waals surface area contributed by atoms with E-state index in [0.29, 0.717) is 21.5 Å².